The molecule has 1 aliphatic heterocycles. The molecule has 9 rings (SSSR count). The van der Waals surface area contributed by atoms with Gasteiger partial charge in [-0.2, -0.15) is 0 Å². The molecule has 248 valence electrons. The van der Waals surface area contributed by atoms with Crippen LogP contribution in [-0.4, -0.2) is 20.8 Å². The Morgan fingerprint density at radius 1 is 0.392 bits per heavy atom. The second-order valence-electron chi connectivity index (χ2n) is 13.7. The summed E-state index contributed by atoms with van der Waals surface area (Å²) in [7, 11) is 0.918. The molecule has 0 bridgehead atoms. The van der Waals surface area contributed by atoms with Gasteiger partial charge in [0.15, 0.2) is 0 Å². The van der Waals surface area contributed by atoms with E-state index in [1.165, 1.54) is 76.1 Å². The Bertz CT molecular complexity index is 2550. The quantitative estimate of drug-likeness (QED) is 0.167. The molecule has 1 aliphatic rings. The van der Waals surface area contributed by atoms with E-state index in [-0.39, 0.29) is 0 Å². The van der Waals surface area contributed by atoms with Crippen LogP contribution < -0.4 is 41.6 Å². The standard InChI is InChI=1S/C47H40N2P2/c1-48-40-26-14-16-28-44(40)50(38-22-6-4-7-23-38)45-32-36-20-12-10-18-34(36)30-42(45)49(2)43-31-35-19-11-13-21-37(35)33-47(43)51(3,39-24-8-5-9-25-39)46-29-17-15-27-41(46)48/h4-33,51H,1-3H3. The number of hydrogen-bond donors (Lipinski definition) is 0. The second kappa shape index (κ2) is 12.8. The Balaban J connectivity index is 1.48. The normalized spacial score (nSPS) is 15.9. The maximum absolute atomic E-state index is 2.69. The predicted molar refractivity (Wildman–Crippen MR) is 229 cm³/mol. The maximum atomic E-state index is 2.56. The van der Waals surface area contributed by atoms with Crippen LogP contribution in [0.25, 0.3) is 21.5 Å². The van der Waals surface area contributed by atoms with E-state index < -0.39 is 15.2 Å². The molecule has 8 aromatic carbocycles. The van der Waals surface area contributed by atoms with Crippen molar-refractivity contribution in [1.29, 1.82) is 0 Å². The summed E-state index contributed by atoms with van der Waals surface area (Å²) < 4.78 is 0. The fourth-order valence-electron chi connectivity index (χ4n) is 8.17. The minimum absolute atomic E-state index is 0.971. The van der Waals surface area contributed by atoms with Crippen LogP contribution in [0.5, 0.6) is 0 Å². The van der Waals surface area contributed by atoms with E-state index in [4.69, 9.17) is 0 Å². The van der Waals surface area contributed by atoms with Crippen molar-refractivity contribution in [2.75, 3.05) is 30.6 Å². The Morgan fingerprint density at radius 3 is 1.57 bits per heavy atom. The summed E-state index contributed by atoms with van der Waals surface area (Å²) in [6.07, 6.45) is 0. The molecule has 1 heterocycles. The Kier molecular flexibility index (Phi) is 7.96. The third-order valence-electron chi connectivity index (χ3n) is 10.9. The number of benzene rings is 8. The van der Waals surface area contributed by atoms with E-state index in [0.29, 0.717) is 0 Å². The molecule has 0 amide bonds. The summed E-state index contributed by atoms with van der Waals surface area (Å²) in [5.74, 6) is 0. The van der Waals surface area contributed by atoms with Crippen LogP contribution in [0.4, 0.5) is 22.7 Å². The fraction of sp³-hybridized carbons (Fsp3) is 0.0638. The summed E-state index contributed by atoms with van der Waals surface area (Å²) >= 11 is 0. The van der Waals surface area contributed by atoms with Gasteiger partial charge in [-0.3, -0.25) is 0 Å². The number of para-hydroxylation sites is 2. The molecule has 4 heteroatoms. The molecule has 0 spiro atoms. The first-order chi connectivity index (χ1) is 25.0. The van der Waals surface area contributed by atoms with E-state index in [0.717, 1.165) is 0 Å². The first kappa shape index (κ1) is 31.7. The van der Waals surface area contributed by atoms with Crippen molar-refractivity contribution in [3.05, 3.63) is 182 Å². The SMILES string of the molecule is CN1c2ccccc2P(c2ccccc2)c2cc3ccccc3cc2N(C)c2cc3ccccc3cc2[PH](C)(c2ccccc2)c2ccccc21. The summed E-state index contributed by atoms with van der Waals surface area (Å²) in [4.78, 5) is 5.00. The first-order valence-corrected chi connectivity index (χ1v) is 21.5. The van der Waals surface area contributed by atoms with Gasteiger partial charge in [-0.25, -0.2) is 0 Å². The van der Waals surface area contributed by atoms with Gasteiger partial charge in [0.2, 0.25) is 0 Å². The van der Waals surface area contributed by atoms with Crippen LogP contribution in [0.1, 0.15) is 0 Å². The predicted octanol–water partition coefficient (Wildman–Crippen LogP) is 9.26. The summed E-state index contributed by atoms with van der Waals surface area (Å²) in [6, 6.07) is 68.3. The van der Waals surface area contributed by atoms with Crippen LogP contribution >= 0.6 is 15.2 Å². The number of fused-ring (bicyclic) bond motifs is 6. The van der Waals surface area contributed by atoms with Crippen molar-refractivity contribution in [3.63, 3.8) is 0 Å². The van der Waals surface area contributed by atoms with Gasteiger partial charge in [-0.1, -0.05) is 0 Å². The molecule has 0 N–H and O–H groups in total. The van der Waals surface area contributed by atoms with Crippen LogP contribution in [0, 0.1) is 0 Å². The zero-order valence-corrected chi connectivity index (χ0v) is 31.1. The third kappa shape index (κ3) is 5.25. The van der Waals surface area contributed by atoms with Gasteiger partial charge in [-0.05, 0) is 0 Å². The second-order valence-corrected chi connectivity index (χ2v) is 19.7. The molecule has 8 aromatic rings. The van der Waals surface area contributed by atoms with Gasteiger partial charge in [0.25, 0.3) is 0 Å². The average molecular weight is 695 g/mol. The van der Waals surface area contributed by atoms with E-state index in [2.05, 4.69) is 213 Å². The molecule has 1 atom stereocenters. The van der Waals surface area contributed by atoms with Crippen molar-refractivity contribution in [1.82, 2.24) is 0 Å². The van der Waals surface area contributed by atoms with Crippen molar-refractivity contribution >= 4 is 91.3 Å². The summed E-state index contributed by atoms with van der Waals surface area (Å²) in [6.45, 7) is 2.56. The molecule has 0 radical (unpaired) electrons. The van der Waals surface area contributed by atoms with Crippen LogP contribution in [0.2, 0.25) is 0 Å². The molecule has 0 fully saturated rings. The van der Waals surface area contributed by atoms with E-state index in [1.54, 1.807) is 0 Å². The Hall–Kier alpha value is -5.26. The molecule has 1 unspecified atom stereocenters. The van der Waals surface area contributed by atoms with Crippen molar-refractivity contribution in [2.45, 2.75) is 0 Å². The summed E-state index contributed by atoms with van der Waals surface area (Å²) in [5, 5.41) is 13.3. The Morgan fingerprint density at radius 2 is 0.882 bits per heavy atom. The van der Waals surface area contributed by atoms with Gasteiger partial charge in [-0.15, -0.1) is 0 Å². The van der Waals surface area contributed by atoms with Crippen molar-refractivity contribution < 1.29 is 0 Å². The van der Waals surface area contributed by atoms with Gasteiger partial charge in [0.1, 0.15) is 0 Å². The van der Waals surface area contributed by atoms with Gasteiger partial charge >= 0.3 is 304 Å². The van der Waals surface area contributed by atoms with E-state index in [9.17, 15) is 0 Å². The van der Waals surface area contributed by atoms with Crippen LogP contribution in [0.3, 0.4) is 0 Å². The monoisotopic (exact) mass is 694 g/mol. The topological polar surface area (TPSA) is 6.48 Å². The van der Waals surface area contributed by atoms with Gasteiger partial charge < -0.3 is 0 Å². The molecule has 0 saturated carbocycles. The minimum atomic E-state index is -2.69. The zero-order valence-electron chi connectivity index (χ0n) is 29.2. The number of nitrogens with zero attached hydrogens (tertiary/aromatic N) is 2. The van der Waals surface area contributed by atoms with Crippen LogP contribution in [-0.2, 0) is 0 Å². The molecule has 0 aliphatic carbocycles. The average Bonchev–Trinajstić information content (AvgIpc) is 3.20. The molecular formula is C47H40N2P2. The molecule has 0 saturated heterocycles. The van der Waals surface area contributed by atoms with E-state index >= 15 is 0 Å². The fourth-order valence-corrected chi connectivity index (χ4v) is 15.0. The summed E-state index contributed by atoms with van der Waals surface area (Å²) in [5.41, 5.74) is 5.01. The van der Waals surface area contributed by atoms with Gasteiger partial charge in [0, 0.05) is 0 Å². The first-order valence-electron chi connectivity index (χ1n) is 17.6. The van der Waals surface area contributed by atoms with E-state index in [1.807, 2.05) is 0 Å². The molecule has 51 heavy (non-hydrogen) atoms. The molecule has 0 aromatic heterocycles. The van der Waals surface area contributed by atoms with Crippen molar-refractivity contribution in [2.24, 2.45) is 0 Å². The molecular weight excluding hydrogens is 654 g/mol. The Labute approximate surface area is 302 Å². The van der Waals surface area contributed by atoms with Crippen LogP contribution in [0.15, 0.2) is 182 Å². The van der Waals surface area contributed by atoms with Crippen molar-refractivity contribution in [3.8, 4) is 0 Å². The third-order valence-corrected chi connectivity index (χ3v) is 17.8. The zero-order chi connectivity index (χ0) is 34.5. The number of rotatable bonds is 2. The number of anilines is 4. The molecule has 2 nitrogen and oxygen atoms in total. The number of hydrogen-bond acceptors (Lipinski definition) is 2. The van der Waals surface area contributed by atoms with Gasteiger partial charge in [0.05, 0.1) is 0 Å².